The van der Waals surface area contributed by atoms with E-state index >= 15 is 0 Å². The topological polar surface area (TPSA) is 109 Å². The van der Waals surface area contributed by atoms with E-state index in [9.17, 15) is 14.7 Å². The number of benzene rings is 1. The molecule has 0 radical (unpaired) electrons. The molecule has 1 aromatic carbocycles. The van der Waals surface area contributed by atoms with Crippen LogP contribution >= 0.6 is 0 Å². The monoisotopic (exact) mass is 508 g/mol. The van der Waals surface area contributed by atoms with E-state index in [0.717, 1.165) is 48.3 Å². The number of carboxylic acids is 1. The van der Waals surface area contributed by atoms with E-state index in [1.807, 2.05) is 35.2 Å². The van der Waals surface area contributed by atoms with Crippen LogP contribution in [0.1, 0.15) is 55.3 Å². The first-order chi connectivity index (χ1) is 18.0. The van der Waals surface area contributed by atoms with Gasteiger partial charge in [-0.2, -0.15) is 0 Å². The van der Waals surface area contributed by atoms with Crippen molar-refractivity contribution in [3.8, 4) is 5.75 Å². The van der Waals surface area contributed by atoms with Crippen LogP contribution in [-0.2, 0) is 22.4 Å². The molecule has 1 fully saturated rings. The standard InChI is InChI=1S/C29H40N4O4/c1-2-3-15-32(16-6-13-30)27(34)20-33-19-24(21-8-11-26-22(18-21)12-17-37-26)28(29(35)36)25(33)10-9-23-7-4-5-14-31-23/h4-5,7-8,11,14,18,24-25,28H,2-3,6,9-10,12-13,15-17,19-20,30H2,1H3,(H,35,36)/t24-,25+,28-/m1/s1. The van der Waals surface area contributed by atoms with Crippen LogP contribution in [0.5, 0.6) is 5.75 Å². The van der Waals surface area contributed by atoms with Gasteiger partial charge in [0.1, 0.15) is 5.75 Å². The van der Waals surface area contributed by atoms with Gasteiger partial charge in [-0.05, 0) is 61.6 Å². The van der Waals surface area contributed by atoms with Crippen molar-refractivity contribution in [2.45, 2.75) is 57.4 Å². The van der Waals surface area contributed by atoms with E-state index < -0.39 is 11.9 Å². The highest BCUT2D eigenvalue weighted by molar-refractivity contribution is 5.79. The van der Waals surface area contributed by atoms with Crippen LogP contribution in [0.3, 0.4) is 0 Å². The molecule has 2 aromatic rings. The molecule has 0 aliphatic carbocycles. The van der Waals surface area contributed by atoms with Gasteiger partial charge in [0.25, 0.3) is 0 Å². The fourth-order valence-electron chi connectivity index (χ4n) is 5.74. The number of likely N-dealkylation sites (tertiary alicyclic amines) is 1. The first-order valence-electron chi connectivity index (χ1n) is 13.6. The van der Waals surface area contributed by atoms with Crippen LogP contribution in [0.25, 0.3) is 0 Å². The Balaban J connectivity index is 1.59. The van der Waals surface area contributed by atoms with Gasteiger partial charge in [0.15, 0.2) is 0 Å². The molecule has 37 heavy (non-hydrogen) atoms. The average molecular weight is 509 g/mol. The third-order valence-corrected chi connectivity index (χ3v) is 7.70. The Morgan fingerprint density at radius 2 is 2.05 bits per heavy atom. The largest absolute Gasteiger partial charge is 0.493 e. The van der Waals surface area contributed by atoms with Gasteiger partial charge in [-0.3, -0.25) is 19.5 Å². The molecule has 0 unspecified atom stereocenters. The number of fused-ring (bicyclic) bond motifs is 1. The molecule has 2 aliphatic rings. The number of aliphatic carboxylic acids is 1. The van der Waals surface area contributed by atoms with E-state index in [4.69, 9.17) is 10.5 Å². The van der Waals surface area contributed by atoms with Crippen molar-refractivity contribution < 1.29 is 19.4 Å². The number of aryl methyl sites for hydroxylation is 1. The number of rotatable bonds is 13. The van der Waals surface area contributed by atoms with E-state index in [0.29, 0.717) is 45.6 Å². The highest BCUT2D eigenvalue weighted by Gasteiger charge is 2.47. The molecule has 3 heterocycles. The minimum atomic E-state index is -0.811. The van der Waals surface area contributed by atoms with Crippen LogP contribution in [0.4, 0.5) is 0 Å². The number of nitrogens with two attached hydrogens (primary N) is 1. The zero-order valence-electron chi connectivity index (χ0n) is 21.8. The third kappa shape index (κ3) is 6.67. The Hall–Kier alpha value is -2.97. The van der Waals surface area contributed by atoms with E-state index in [2.05, 4.69) is 22.9 Å². The predicted molar refractivity (Wildman–Crippen MR) is 143 cm³/mol. The highest BCUT2D eigenvalue weighted by atomic mass is 16.5. The summed E-state index contributed by atoms with van der Waals surface area (Å²) in [4.78, 5) is 34.6. The van der Waals surface area contributed by atoms with Crippen molar-refractivity contribution in [2.75, 3.05) is 39.3 Å². The van der Waals surface area contributed by atoms with Crippen LogP contribution in [0.2, 0.25) is 0 Å². The van der Waals surface area contributed by atoms with Gasteiger partial charge in [0.2, 0.25) is 5.91 Å². The maximum absolute atomic E-state index is 13.5. The molecule has 8 nitrogen and oxygen atoms in total. The average Bonchev–Trinajstić information content (AvgIpc) is 3.52. The van der Waals surface area contributed by atoms with Gasteiger partial charge >= 0.3 is 5.97 Å². The summed E-state index contributed by atoms with van der Waals surface area (Å²) in [6.07, 6.45) is 6.60. The number of unbranched alkanes of at least 4 members (excludes halogenated alkanes) is 1. The Kier molecular flexibility index (Phi) is 9.52. The second kappa shape index (κ2) is 13.0. The molecule has 200 valence electrons. The number of nitrogens with zero attached hydrogens (tertiary/aromatic N) is 3. The summed E-state index contributed by atoms with van der Waals surface area (Å²) in [6, 6.07) is 11.6. The molecule has 3 atom stereocenters. The van der Waals surface area contributed by atoms with Crippen molar-refractivity contribution in [3.05, 3.63) is 59.4 Å². The second-order valence-corrected chi connectivity index (χ2v) is 10.2. The molecule has 1 aromatic heterocycles. The van der Waals surface area contributed by atoms with Crippen molar-refractivity contribution in [1.29, 1.82) is 0 Å². The smallest absolute Gasteiger partial charge is 0.308 e. The van der Waals surface area contributed by atoms with Gasteiger partial charge in [-0.25, -0.2) is 0 Å². The first-order valence-corrected chi connectivity index (χ1v) is 13.6. The lowest BCUT2D eigenvalue weighted by atomic mass is 9.83. The molecule has 0 spiro atoms. The maximum atomic E-state index is 13.5. The third-order valence-electron chi connectivity index (χ3n) is 7.70. The minimum Gasteiger partial charge on any atom is -0.493 e. The quantitative estimate of drug-likeness (QED) is 0.428. The number of pyridine rings is 1. The molecular formula is C29H40N4O4. The normalized spacial score (nSPS) is 21.0. The van der Waals surface area contributed by atoms with Gasteiger partial charge in [0, 0.05) is 49.9 Å². The molecule has 3 N–H and O–H groups in total. The summed E-state index contributed by atoms with van der Waals surface area (Å²) in [5.41, 5.74) is 8.81. The van der Waals surface area contributed by atoms with Crippen LogP contribution in [0, 0.1) is 5.92 Å². The highest BCUT2D eigenvalue weighted by Crippen LogP contribution is 2.41. The molecule has 1 saturated heterocycles. The van der Waals surface area contributed by atoms with E-state index in [1.165, 1.54) is 0 Å². The number of ether oxygens (including phenoxy) is 1. The number of aromatic nitrogens is 1. The van der Waals surface area contributed by atoms with Gasteiger partial charge in [-0.1, -0.05) is 31.5 Å². The number of amides is 1. The van der Waals surface area contributed by atoms with Crippen molar-refractivity contribution in [2.24, 2.45) is 11.7 Å². The van der Waals surface area contributed by atoms with Crippen LogP contribution in [-0.4, -0.2) is 77.1 Å². The molecule has 8 heteroatoms. The predicted octanol–water partition coefficient (Wildman–Crippen LogP) is 3.10. The second-order valence-electron chi connectivity index (χ2n) is 10.2. The number of hydrogen-bond acceptors (Lipinski definition) is 6. The Bertz CT molecular complexity index is 1040. The van der Waals surface area contributed by atoms with Crippen molar-refractivity contribution in [3.63, 3.8) is 0 Å². The lowest BCUT2D eigenvalue weighted by molar-refractivity contribution is -0.143. The summed E-state index contributed by atoms with van der Waals surface area (Å²) in [6.45, 7) is 5.41. The van der Waals surface area contributed by atoms with E-state index in [-0.39, 0.29) is 24.4 Å². The summed E-state index contributed by atoms with van der Waals surface area (Å²) >= 11 is 0. The van der Waals surface area contributed by atoms with Gasteiger partial charge in [-0.15, -0.1) is 0 Å². The zero-order valence-corrected chi connectivity index (χ0v) is 21.8. The van der Waals surface area contributed by atoms with Gasteiger partial charge in [0.05, 0.1) is 19.1 Å². The molecule has 1 amide bonds. The Morgan fingerprint density at radius 3 is 2.78 bits per heavy atom. The number of hydrogen-bond donors (Lipinski definition) is 2. The number of carboxylic acid groups (broad SMARTS) is 1. The first kappa shape index (κ1) is 27.1. The van der Waals surface area contributed by atoms with Crippen molar-refractivity contribution >= 4 is 11.9 Å². The number of carbonyl (C=O) groups excluding carboxylic acids is 1. The zero-order chi connectivity index (χ0) is 26.2. The number of carbonyl (C=O) groups is 2. The summed E-state index contributed by atoms with van der Waals surface area (Å²) < 4.78 is 5.67. The molecular weight excluding hydrogens is 468 g/mol. The summed E-state index contributed by atoms with van der Waals surface area (Å²) in [7, 11) is 0. The summed E-state index contributed by atoms with van der Waals surface area (Å²) in [5.74, 6) is -0.674. The molecule has 2 aliphatic heterocycles. The van der Waals surface area contributed by atoms with Crippen molar-refractivity contribution in [1.82, 2.24) is 14.8 Å². The molecule has 0 bridgehead atoms. The fourth-order valence-corrected chi connectivity index (χ4v) is 5.74. The minimum absolute atomic E-state index is 0.0527. The lowest BCUT2D eigenvalue weighted by Crippen LogP contribution is -2.45. The Labute approximate surface area is 219 Å². The fraction of sp³-hybridized carbons (Fsp3) is 0.552. The lowest BCUT2D eigenvalue weighted by Gasteiger charge is -2.29. The SMILES string of the molecule is CCCCN(CCCN)C(=O)CN1C[C@H](c2ccc3c(c2)CCO3)[C@@H](C(=O)O)[C@@H]1CCc1ccccn1. The molecule has 4 rings (SSSR count). The molecule has 0 saturated carbocycles. The Morgan fingerprint density at radius 1 is 1.22 bits per heavy atom. The van der Waals surface area contributed by atoms with E-state index in [1.54, 1.807) is 6.20 Å². The maximum Gasteiger partial charge on any atom is 0.308 e. The van der Waals surface area contributed by atoms with Crippen LogP contribution < -0.4 is 10.5 Å². The van der Waals surface area contributed by atoms with Gasteiger partial charge < -0.3 is 20.5 Å². The summed E-state index contributed by atoms with van der Waals surface area (Å²) in [5, 5.41) is 10.4. The van der Waals surface area contributed by atoms with Crippen LogP contribution in [0.15, 0.2) is 42.6 Å².